The first-order valence-corrected chi connectivity index (χ1v) is 10.0. The van der Waals surface area contributed by atoms with Crippen molar-refractivity contribution in [3.05, 3.63) is 71.4 Å². The zero-order chi connectivity index (χ0) is 19.8. The first kappa shape index (κ1) is 17.9. The maximum Gasteiger partial charge on any atom is 0.323 e. The first-order valence-electron chi connectivity index (χ1n) is 9.66. The molecular formula is C22H20ClN5O. The lowest BCUT2D eigenvalue weighted by molar-refractivity contribution is 0.252. The van der Waals surface area contributed by atoms with E-state index in [-0.39, 0.29) is 11.6 Å². The number of nitrogens with one attached hydrogen (secondary N) is 2. The molecule has 5 rings (SSSR count). The molecular weight excluding hydrogens is 386 g/mol. The van der Waals surface area contributed by atoms with E-state index in [0.29, 0.717) is 24.9 Å². The van der Waals surface area contributed by atoms with E-state index >= 15 is 0 Å². The van der Waals surface area contributed by atoms with Gasteiger partial charge in [0.25, 0.3) is 0 Å². The summed E-state index contributed by atoms with van der Waals surface area (Å²) >= 11 is 5.98. The second-order valence-electron chi connectivity index (χ2n) is 7.41. The summed E-state index contributed by atoms with van der Waals surface area (Å²) in [5.74, 6) is 1.16. The number of carbonyl (C=O) groups excluding carboxylic acids is 1. The highest BCUT2D eigenvalue weighted by Crippen LogP contribution is 2.48. The Kier molecular flexibility index (Phi) is 4.36. The van der Waals surface area contributed by atoms with E-state index in [9.17, 15) is 4.79 Å². The molecule has 1 saturated heterocycles. The van der Waals surface area contributed by atoms with Gasteiger partial charge in [0.15, 0.2) is 0 Å². The Bertz CT molecular complexity index is 1050. The molecule has 3 aromatic rings. The van der Waals surface area contributed by atoms with Gasteiger partial charge in [-0.25, -0.2) is 9.78 Å². The van der Waals surface area contributed by atoms with E-state index in [0.717, 1.165) is 29.0 Å². The van der Waals surface area contributed by atoms with E-state index in [2.05, 4.69) is 44.9 Å². The fourth-order valence-corrected chi connectivity index (χ4v) is 3.82. The standard InChI is InChI=1S/C22H20ClN5O/c23-18-7-3-16(4-8-18)15-1-5-17(6-2-15)22(10-11-22)27-20-24-12-9-19(26-20)28-14-13-25-21(28)29/h1-9,12H,10-11,13-14H2,(H,25,29)(H,24,26,27). The third kappa shape index (κ3) is 3.51. The van der Waals surface area contributed by atoms with E-state index in [1.807, 2.05) is 24.3 Å². The summed E-state index contributed by atoms with van der Waals surface area (Å²) in [5, 5.41) is 7.02. The van der Waals surface area contributed by atoms with Crippen LogP contribution in [-0.4, -0.2) is 29.1 Å². The molecule has 2 aromatic carbocycles. The highest BCUT2D eigenvalue weighted by atomic mass is 35.5. The SMILES string of the molecule is O=C1NCCN1c1ccnc(NC2(c3ccc(-c4ccc(Cl)cc4)cc3)CC2)n1. The molecule has 0 radical (unpaired) electrons. The zero-order valence-electron chi connectivity index (χ0n) is 15.7. The first-order chi connectivity index (χ1) is 14.1. The Morgan fingerprint density at radius 3 is 2.31 bits per heavy atom. The quantitative estimate of drug-likeness (QED) is 0.658. The number of nitrogens with zero attached hydrogens (tertiary/aromatic N) is 3. The van der Waals surface area contributed by atoms with Gasteiger partial charge >= 0.3 is 6.03 Å². The fourth-order valence-electron chi connectivity index (χ4n) is 3.70. The Balaban J connectivity index is 1.35. The Morgan fingerprint density at radius 2 is 1.69 bits per heavy atom. The van der Waals surface area contributed by atoms with Crippen molar-refractivity contribution in [3.63, 3.8) is 0 Å². The van der Waals surface area contributed by atoms with Crippen LogP contribution in [0.25, 0.3) is 11.1 Å². The van der Waals surface area contributed by atoms with Crippen molar-refractivity contribution in [1.82, 2.24) is 15.3 Å². The van der Waals surface area contributed by atoms with Gasteiger partial charge in [-0.3, -0.25) is 4.90 Å². The smallest absolute Gasteiger partial charge is 0.323 e. The third-order valence-electron chi connectivity index (χ3n) is 5.49. The summed E-state index contributed by atoms with van der Waals surface area (Å²) < 4.78 is 0. The zero-order valence-corrected chi connectivity index (χ0v) is 16.5. The maximum atomic E-state index is 11.9. The third-order valence-corrected chi connectivity index (χ3v) is 5.74. The molecule has 1 aromatic heterocycles. The van der Waals surface area contributed by atoms with E-state index < -0.39 is 0 Å². The van der Waals surface area contributed by atoms with E-state index in [4.69, 9.17) is 11.6 Å². The summed E-state index contributed by atoms with van der Waals surface area (Å²) in [5.41, 5.74) is 3.35. The highest BCUT2D eigenvalue weighted by Gasteiger charge is 2.45. The molecule has 1 aliphatic carbocycles. The van der Waals surface area contributed by atoms with Crippen LogP contribution in [0.1, 0.15) is 18.4 Å². The molecule has 7 heteroatoms. The molecule has 1 saturated carbocycles. The van der Waals surface area contributed by atoms with Crippen LogP contribution in [-0.2, 0) is 5.54 Å². The van der Waals surface area contributed by atoms with Crippen molar-refractivity contribution in [1.29, 1.82) is 0 Å². The van der Waals surface area contributed by atoms with Crippen LogP contribution in [0.15, 0.2) is 60.8 Å². The van der Waals surface area contributed by atoms with Crippen molar-refractivity contribution in [2.24, 2.45) is 0 Å². The van der Waals surface area contributed by atoms with Gasteiger partial charge < -0.3 is 10.6 Å². The van der Waals surface area contributed by atoms with Gasteiger partial charge in [-0.1, -0.05) is 48.0 Å². The van der Waals surface area contributed by atoms with Crippen molar-refractivity contribution >= 4 is 29.4 Å². The summed E-state index contributed by atoms with van der Waals surface area (Å²) in [4.78, 5) is 22.5. The molecule has 2 amide bonds. The van der Waals surface area contributed by atoms with Gasteiger partial charge in [0, 0.05) is 24.3 Å². The predicted molar refractivity (Wildman–Crippen MR) is 114 cm³/mol. The van der Waals surface area contributed by atoms with Crippen LogP contribution in [0.3, 0.4) is 0 Å². The summed E-state index contributed by atoms with van der Waals surface area (Å²) in [6, 6.07) is 18.1. The molecule has 0 unspecified atom stereocenters. The second-order valence-corrected chi connectivity index (χ2v) is 7.85. The molecule has 2 aliphatic rings. The van der Waals surface area contributed by atoms with Gasteiger partial charge in [0.05, 0.1) is 5.54 Å². The van der Waals surface area contributed by atoms with Crippen LogP contribution in [0.2, 0.25) is 5.02 Å². The molecule has 0 spiro atoms. The number of urea groups is 1. The summed E-state index contributed by atoms with van der Waals surface area (Å²) in [7, 11) is 0. The van der Waals surface area contributed by atoms with Gasteiger partial charge in [-0.15, -0.1) is 0 Å². The molecule has 0 bridgehead atoms. The minimum atomic E-state index is -0.148. The monoisotopic (exact) mass is 405 g/mol. The highest BCUT2D eigenvalue weighted by molar-refractivity contribution is 6.30. The molecule has 29 heavy (non-hydrogen) atoms. The topological polar surface area (TPSA) is 70.2 Å². The van der Waals surface area contributed by atoms with Crippen LogP contribution >= 0.6 is 11.6 Å². The number of carbonyl (C=O) groups is 1. The summed E-state index contributed by atoms with van der Waals surface area (Å²) in [6.07, 6.45) is 3.73. The minimum Gasteiger partial charge on any atom is -0.345 e. The molecule has 0 atom stereocenters. The maximum absolute atomic E-state index is 11.9. The normalized spacial score (nSPS) is 17.1. The molecule has 2 heterocycles. The van der Waals surface area contributed by atoms with Crippen LogP contribution in [0, 0.1) is 0 Å². The van der Waals surface area contributed by atoms with Gasteiger partial charge in [0.1, 0.15) is 5.82 Å². The van der Waals surface area contributed by atoms with E-state index in [1.54, 1.807) is 17.2 Å². The lowest BCUT2D eigenvalue weighted by Crippen LogP contribution is -2.29. The number of aromatic nitrogens is 2. The second kappa shape index (κ2) is 7.04. The number of benzene rings is 2. The molecule has 6 nitrogen and oxygen atoms in total. The fraction of sp³-hybridized carbons (Fsp3) is 0.227. The lowest BCUT2D eigenvalue weighted by atomic mass is 9.99. The number of anilines is 2. The van der Waals surface area contributed by atoms with Crippen LogP contribution in [0.4, 0.5) is 16.6 Å². The van der Waals surface area contributed by atoms with Gasteiger partial charge in [0.2, 0.25) is 5.95 Å². The number of rotatable bonds is 5. The average molecular weight is 406 g/mol. The number of hydrogen-bond donors (Lipinski definition) is 2. The average Bonchev–Trinajstić information content (AvgIpc) is 3.40. The lowest BCUT2D eigenvalue weighted by Gasteiger charge is -2.20. The van der Waals surface area contributed by atoms with Crippen LogP contribution in [0.5, 0.6) is 0 Å². The molecule has 1 aliphatic heterocycles. The number of hydrogen-bond acceptors (Lipinski definition) is 4. The van der Waals surface area contributed by atoms with E-state index in [1.165, 1.54) is 5.56 Å². The Labute approximate surface area is 173 Å². The van der Waals surface area contributed by atoms with Crippen molar-refractivity contribution in [3.8, 4) is 11.1 Å². The predicted octanol–water partition coefficient (Wildman–Crippen LogP) is 4.43. The van der Waals surface area contributed by atoms with Crippen molar-refractivity contribution in [2.75, 3.05) is 23.3 Å². The molecule has 146 valence electrons. The van der Waals surface area contributed by atoms with Crippen LogP contribution < -0.4 is 15.5 Å². The van der Waals surface area contributed by atoms with Crippen molar-refractivity contribution in [2.45, 2.75) is 18.4 Å². The Hall–Kier alpha value is -3.12. The molecule has 2 N–H and O–H groups in total. The molecule has 2 fully saturated rings. The van der Waals surface area contributed by atoms with Crippen molar-refractivity contribution < 1.29 is 4.79 Å². The van der Waals surface area contributed by atoms with Gasteiger partial charge in [-0.2, -0.15) is 4.98 Å². The minimum absolute atomic E-state index is 0.117. The number of amides is 2. The number of halogens is 1. The largest absolute Gasteiger partial charge is 0.345 e. The Morgan fingerprint density at radius 1 is 1.00 bits per heavy atom. The summed E-state index contributed by atoms with van der Waals surface area (Å²) in [6.45, 7) is 1.25. The van der Waals surface area contributed by atoms with Gasteiger partial charge in [-0.05, 0) is 47.7 Å².